The maximum absolute atomic E-state index is 11.7. The molecular weight excluding hydrogens is 208 g/mol. The fourth-order valence-corrected chi connectivity index (χ4v) is 1.68. The minimum Gasteiger partial charge on any atom is -0.390 e. The third kappa shape index (κ3) is 4.06. The smallest absolute Gasteiger partial charge is 0.165 e. The molecule has 0 saturated carbocycles. The summed E-state index contributed by atoms with van der Waals surface area (Å²) in [4.78, 5) is 12.8. The molecule has 1 rings (SSSR count). The molecule has 0 amide bonds. The van der Waals surface area contributed by atoms with E-state index < -0.39 is 5.60 Å². The van der Waals surface area contributed by atoms with Crippen LogP contribution in [0.25, 0.3) is 0 Å². The van der Waals surface area contributed by atoms with E-state index in [1.54, 1.807) is 37.7 Å². The zero-order valence-electron chi connectivity index (χ0n) is 9.28. The SMILES string of the molecule is CSc1ccc(C(=O)CC(C)(C)O)cc1. The first kappa shape index (κ1) is 12.3. The number of carbonyl (C=O) groups is 1. The average Bonchev–Trinajstić information content (AvgIpc) is 2.15. The Balaban J connectivity index is 2.75. The molecule has 1 aromatic carbocycles. The second-order valence-corrected chi connectivity index (χ2v) is 5.02. The van der Waals surface area contributed by atoms with Gasteiger partial charge in [0.25, 0.3) is 0 Å². The highest BCUT2D eigenvalue weighted by Gasteiger charge is 2.18. The second-order valence-electron chi connectivity index (χ2n) is 4.14. The number of ketones is 1. The predicted molar refractivity (Wildman–Crippen MR) is 63.5 cm³/mol. The van der Waals surface area contributed by atoms with Crippen molar-refractivity contribution in [2.24, 2.45) is 0 Å². The molecule has 0 aliphatic rings. The van der Waals surface area contributed by atoms with Gasteiger partial charge in [0.05, 0.1) is 5.60 Å². The van der Waals surface area contributed by atoms with E-state index in [0.717, 1.165) is 4.90 Å². The van der Waals surface area contributed by atoms with Crippen LogP contribution >= 0.6 is 11.8 Å². The molecule has 0 bridgehead atoms. The number of aliphatic hydroxyl groups is 1. The summed E-state index contributed by atoms with van der Waals surface area (Å²) in [7, 11) is 0. The van der Waals surface area contributed by atoms with Gasteiger partial charge in [0.2, 0.25) is 0 Å². The molecule has 15 heavy (non-hydrogen) atoms. The van der Waals surface area contributed by atoms with Gasteiger partial charge in [0.15, 0.2) is 5.78 Å². The number of thioether (sulfide) groups is 1. The third-order valence-corrected chi connectivity index (χ3v) is 2.75. The summed E-state index contributed by atoms with van der Waals surface area (Å²) in [6.07, 6.45) is 2.15. The molecule has 3 heteroatoms. The summed E-state index contributed by atoms with van der Waals surface area (Å²) in [5.41, 5.74) is -0.273. The van der Waals surface area contributed by atoms with Gasteiger partial charge in [-0.2, -0.15) is 0 Å². The van der Waals surface area contributed by atoms with Crippen molar-refractivity contribution in [3.8, 4) is 0 Å². The first-order chi connectivity index (χ1) is 6.92. The van der Waals surface area contributed by atoms with Crippen LogP contribution in [0.1, 0.15) is 30.6 Å². The lowest BCUT2D eigenvalue weighted by atomic mass is 9.98. The van der Waals surface area contributed by atoms with Crippen molar-refractivity contribution in [1.29, 1.82) is 0 Å². The molecule has 82 valence electrons. The van der Waals surface area contributed by atoms with E-state index in [4.69, 9.17) is 0 Å². The van der Waals surface area contributed by atoms with Crippen molar-refractivity contribution in [2.75, 3.05) is 6.26 Å². The molecule has 0 radical (unpaired) electrons. The van der Waals surface area contributed by atoms with Gasteiger partial charge in [0.1, 0.15) is 0 Å². The topological polar surface area (TPSA) is 37.3 Å². The highest BCUT2D eigenvalue weighted by molar-refractivity contribution is 7.98. The highest BCUT2D eigenvalue weighted by atomic mass is 32.2. The quantitative estimate of drug-likeness (QED) is 0.631. The number of hydrogen-bond acceptors (Lipinski definition) is 3. The van der Waals surface area contributed by atoms with Gasteiger partial charge in [-0.1, -0.05) is 12.1 Å². The summed E-state index contributed by atoms with van der Waals surface area (Å²) < 4.78 is 0. The Morgan fingerprint density at radius 2 is 1.87 bits per heavy atom. The van der Waals surface area contributed by atoms with Crippen LogP contribution in [0.2, 0.25) is 0 Å². The predicted octanol–water partition coefficient (Wildman–Crippen LogP) is 2.75. The lowest BCUT2D eigenvalue weighted by Gasteiger charge is -2.15. The van der Waals surface area contributed by atoms with Crippen molar-refractivity contribution < 1.29 is 9.90 Å². The van der Waals surface area contributed by atoms with Crippen LogP contribution in [-0.4, -0.2) is 22.7 Å². The van der Waals surface area contributed by atoms with Crippen LogP contribution in [0.4, 0.5) is 0 Å². The average molecular weight is 224 g/mol. The maximum atomic E-state index is 11.7. The first-order valence-electron chi connectivity index (χ1n) is 4.82. The molecule has 0 spiro atoms. The van der Waals surface area contributed by atoms with Gasteiger partial charge in [-0.25, -0.2) is 0 Å². The van der Waals surface area contributed by atoms with E-state index >= 15 is 0 Å². The van der Waals surface area contributed by atoms with E-state index in [9.17, 15) is 9.90 Å². The molecule has 0 aromatic heterocycles. The van der Waals surface area contributed by atoms with Gasteiger partial charge in [-0.05, 0) is 32.2 Å². The molecule has 1 N–H and O–H groups in total. The Labute approximate surface area is 94.7 Å². The highest BCUT2D eigenvalue weighted by Crippen LogP contribution is 2.18. The lowest BCUT2D eigenvalue weighted by Crippen LogP contribution is -2.23. The lowest BCUT2D eigenvalue weighted by molar-refractivity contribution is 0.0587. The Morgan fingerprint density at radius 3 is 2.27 bits per heavy atom. The molecule has 2 nitrogen and oxygen atoms in total. The number of hydrogen-bond donors (Lipinski definition) is 1. The number of rotatable bonds is 4. The minimum atomic E-state index is -0.935. The fraction of sp³-hybridized carbons (Fsp3) is 0.417. The normalized spacial score (nSPS) is 11.5. The molecule has 0 fully saturated rings. The van der Waals surface area contributed by atoms with Crippen LogP contribution in [0, 0.1) is 0 Å². The minimum absolute atomic E-state index is 0.0184. The molecule has 1 aromatic rings. The van der Waals surface area contributed by atoms with E-state index in [-0.39, 0.29) is 12.2 Å². The van der Waals surface area contributed by atoms with Gasteiger partial charge < -0.3 is 5.11 Å². The van der Waals surface area contributed by atoms with E-state index in [2.05, 4.69) is 0 Å². The zero-order chi connectivity index (χ0) is 11.5. The Kier molecular flexibility index (Phi) is 3.94. The van der Waals surface area contributed by atoms with Gasteiger partial charge >= 0.3 is 0 Å². The van der Waals surface area contributed by atoms with Crippen LogP contribution in [0.5, 0.6) is 0 Å². The molecular formula is C12H16O2S. The van der Waals surface area contributed by atoms with Crippen LogP contribution in [0.3, 0.4) is 0 Å². The molecule has 0 saturated heterocycles. The number of carbonyl (C=O) groups excluding carboxylic acids is 1. The van der Waals surface area contributed by atoms with E-state index in [1.807, 2.05) is 18.4 Å². The zero-order valence-corrected chi connectivity index (χ0v) is 10.1. The summed E-state index contributed by atoms with van der Waals surface area (Å²) in [6, 6.07) is 7.45. The monoisotopic (exact) mass is 224 g/mol. The first-order valence-corrected chi connectivity index (χ1v) is 6.04. The van der Waals surface area contributed by atoms with Crippen LogP contribution in [-0.2, 0) is 0 Å². The second kappa shape index (κ2) is 4.81. The van der Waals surface area contributed by atoms with Crippen molar-refractivity contribution in [2.45, 2.75) is 30.8 Å². The number of benzene rings is 1. The van der Waals surface area contributed by atoms with Crippen molar-refractivity contribution in [3.63, 3.8) is 0 Å². The Bertz CT molecular complexity index is 336. The van der Waals surface area contributed by atoms with E-state index in [0.29, 0.717) is 5.56 Å². The van der Waals surface area contributed by atoms with Crippen molar-refractivity contribution >= 4 is 17.5 Å². The van der Waals surface area contributed by atoms with Gasteiger partial charge in [-0.15, -0.1) is 11.8 Å². The standard InChI is InChI=1S/C12H16O2S/c1-12(2,14)8-11(13)9-4-6-10(15-3)7-5-9/h4-7,14H,8H2,1-3H3. The van der Waals surface area contributed by atoms with Gasteiger partial charge in [-0.3, -0.25) is 4.79 Å². The van der Waals surface area contributed by atoms with E-state index in [1.165, 1.54) is 0 Å². The largest absolute Gasteiger partial charge is 0.390 e. The third-order valence-electron chi connectivity index (χ3n) is 2.01. The fourth-order valence-electron chi connectivity index (χ4n) is 1.27. The summed E-state index contributed by atoms with van der Waals surface area (Å²) >= 11 is 1.64. The van der Waals surface area contributed by atoms with Crippen LogP contribution < -0.4 is 0 Å². The van der Waals surface area contributed by atoms with Crippen molar-refractivity contribution in [1.82, 2.24) is 0 Å². The molecule has 0 heterocycles. The summed E-state index contributed by atoms with van der Waals surface area (Å²) in [5, 5.41) is 9.53. The maximum Gasteiger partial charge on any atom is 0.165 e. The van der Waals surface area contributed by atoms with Crippen molar-refractivity contribution in [3.05, 3.63) is 29.8 Å². The molecule has 0 atom stereocenters. The van der Waals surface area contributed by atoms with Crippen LogP contribution in [0.15, 0.2) is 29.2 Å². The molecule has 0 aliphatic carbocycles. The Hall–Kier alpha value is -0.800. The molecule has 0 unspecified atom stereocenters. The summed E-state index contributed by atoms with van der Waals surface area (Å²) in [6.45, 7) is 3.28. The molecule has 0 aliphatic heterocycles. The summed E-state index contributed by atoms with van der Waals surface area (Å²) in [5.74, 6) is -0.0184. The number of Topliss-reactive ketones (excluding diaryl/α,β-unsaturated/α-hetero) is 1. The van der Waals surface area contributed by atoms with Gasteiger partial charge in [0, 0.05) is 16.9 Å². The Morgan fingerprint density at radius 1 is 1.33 bits per heavy atom.